The van der Waals surface area contributed by atoms with Gasteiger partial charge < -0.3 is 4.42 Å². The highest BCUT2D eigenvalue weighted by Gasteiger charge is 2.15. The van der Waals surface area contributed by atoms with Gasteiger partial charge in [0, 0.05) is 16.3 Å². The Hall–Kier alpha value is -3.13. The Balaban J connectivity index is 1.99. The second-order valence-electron chi connectivity index (χ2n) is 5.65. The smallest absolute Gasteiger partial charge is 0.227 e. The molecule has 0 spiro atoms. The number of hydrogen-bond acceptors (Lipinski definition) is 2. The Kier molecular flexibility index (Phi) is 2.53. The van der Waals surface area contributed by atoms with E-state index in [2.05, 4.69) is 36.4 Å². The largest absolute Gasteiger partial charge is 0.435 e. The van der Waals surface area contributed by atoms with Gasteiger partial charge >= 0.3 is 0 Å². The molecule has 0 N–H and O–H groups in total. The van der Waals surface area contributed by atoms with Gasteiger partial charge in [-0.1, -0.05) is 66.7 Å². The Morgan fingerprint density at radius 1 is 0.565 bits per heavy atom. The van der Waals surface area contributed by atoms with Gasteiger partial charge in [-0.2, -0.15) is 0 Å². The molecule has 4 aromatic carbocycles. The van der Waals surface area contributed by atoms with Crippen LogP contribution in [0, 0.1) is 0 Å². The van der Waals surface area contributed by atoms with Crippen molar-refractivity contribution in [3.05, 3.63) is 78.9 Å². The van der Waals surface area contributed by atoms with Gasteiger partial charge in [0.1, 0.15) is 5.52 Å². The van der Waals surface area contributed by atoms with Crippen molar-refractivity contribution in [3.63, 3.8) is 0 Å². The second kappa shape index (κ2) is 4.68. The summed E-state index contributed by atoms with van der Waals surface area (Å²) in [6, 6.07) is 26.8. The average Bonchev–Trinajstić information content (AvgIpc) is 3.09. The summed E-state index contributed by atoms with van der Waals surface area (Å²) in [5.74, 6) is 0.669. The van der Waals surface area contributed by atoms with Crippen LogP contribution < -0.4 is 0 Å². The first kappa shape index (κ1) is 12.4. The maximum Gasteiger partial charge on any atom is 0.227 e. The van der Waals surface area contributed by atoms with E-state index in [1.165, 1.54) is 10.8 Å². The minimum Gasteiger partial charge on any atom is -0.435 e. The van der Waals surface area contributed by atoms with Crippen molar-refractivity contribution in [1.82, 2.24) is 4.98 Å². The molecule has 5 aromatic rings. The van der Waals surface area contributed by atoms with Crippen LogP contribution in [0.25, 0.3) is 44.1 Å². The molecule has 0 atom stereocenters. The van der Waals surface area contributed by atoms with Gasteiger partial charge in [-0.3, -0.25) is 0 Å². The van der Waals surface area contributed by atoms with Crippen LogP contribution in [-0.2, 0) is 0 Å². The normalized spacial score (nSPS) is 11.5. The van der Waals surface area contributed by atoms with E-state index in [0.717, 1.165) is 27.4 Å². The zero-order valence-corrected chi connectivity index (χ0v) is 12.4. The van der Waals surface area contributed by atoms with Crippen molar-refractivity contribution in [3.8, 4) is 11.5 Å². The molecule has 108 valence electrons. The number of fused-ring (bicyclic) bond motifs is 6. The Bertz CT molecular complexity index is 1080. The van der Waals surface area contributed by atoms with Crippen LogP contribution in [0.1, 0.15) is 0 Å². The van der Waals surface area contributed by atoms with Crippen molar-refractivity contribution in [2.24, 2.45) is 0 Å². The van der Waals surface area contributed by atoms with Crippen LogP contribution >= 0.6 is 0 Å². The van der Waals surface area contributed by atoms with Gasteiger partial charge in [0.25, 0.3) is 0 Å². The van der Waals surface area contributed by atoms with Crippen LogP contribution in [0.2, 0.25) is 0 Å². The molecular formula is C21H13NO. The fourth-order valence-corrected chi connectivity index (χ4v) is 3.23. The van der Waals surface area contributed by atoms with Crippen LogP contribution in [-0.4, -0.2) is 4.98 Å². The topological polar surface area (TPSA) is 26.0 Å². The fourth-order valence-electron chi connectivity index (χ4n) is 3.23. The molecule has 0 bridgehead atoms. The summed E-state index contributed by atoms with van der Waals surface area (Å²) < 4.78 is 6.16. The van der Waals surface area contributed by atoms with E-state index < -0.39 is 0 Å². The van der Waals surface area contributed by atoms with Crippen LogP contribution in [0.3, 0.4) is 0 Å². The Morgan fingerprint density at radius 3 is 1.87 bits per heavy atom. The predicted molar refractivity (Wildman–Crippen MR) is 94.5 cm³/mol. The number of oxazole rings is 1. The monoisotopic (exact) mass is 295 g/mol. The lowest BCUT2D eigenvalue weighted by molar-refractivity contribution is 0.623. The molecule has 1 aromatic heterocycles. The summed E-state index contributed by atoms with van der Waals surface area (Å²) in [6.07, 6.45) is 0. The van der Waals surface area contributed by atoms with Crippen LogP contribution in [0.4, 0.5) is 0 Å². The SMILES string of the molecule is c1ccc(-c2nc3c4ccccc4c4ccccc4c3o2)cc1. The second-order valence-corrected chi connectivity index (χ2v) is 5.65. The molecule has 1 heterocycles. The summed E-state index contributed by atoms with van der Waals surface area (Å²) in [5.41, 5.74) is 2.79. The first-order chi connectivity index (χ1) is 11.4. The van der Waals surface area contributed by atoms with Gasteiger partial charge in [-0.05, 0) is 22.9 Å². The number of hydrogen-bond donors (Lipinski definition) is 0. The Morgan fingerprint density at radius 2 is 1.13 bits per heavy atom. The van der Waals surface area contributed by atoms with Gasteiger partial charge in [-0.25, -0.2) is 4.98 Å². The van der Waals surface area contributed by atoms with Crippen molar-refractivity contribution in [1.29, 1.82) is 0 Å². The maximum absolute atomic E-state index is 6.16. The zero-order chi connectivity index (χ0) is 15.2. The minimum absolute atomic E-state index is 0.669. The first-order valence-corrected chi connectivity index (χ1v) is 7.67. The Labute approximate surface area is 133 Å². The number of aromatic nitrogens is 1. The van der Waals surface area contributed by atoms with E-state index in [4.69, 9.17) is 9.40 Å². The van der Waals surface area contributed by atoms with Crippen molar-refractivity contribution < 1.29 is 4.42 Å². The highest BCUT2D eigenvalue weighted by molar-refractivity contribution is 6.22. The van der Waals surface area contributed by atoms with Crippen molar-refractivity contribution in [2.45, 2.75) is 0 Å². The van der Waals surface area contributed by atoms with E-state index in [1.54, 1.807) is 0 Å². The maximum atomic E-state index is 6.16. The number of rotatable bonds is 1. The molecule has 2 nitrogen and oxygen atoms in total. The summed E-state index contributed by atoms with van der Waals surface area (Å²) in [4.78, 5) is 4.79. The molecule has 2 heteroatoms. The molecular weight excluding hydrogens is 282 g/mol. The lowest BCUT2D eigenvalue weighted by Gasteiger charge is -2.04. The van der Waals surface area contributed by atoms with Gasteiger partial charge in [0.2, 0.25) is 5.89 Å². The number of nitrogens with zero attached hydrogens (tertiary/aromatic N) is 1. The molecule has 0 saturated carbocycles. The molecule has 0 aliphatic heterocycles. The lowest BCUT2D eigenvalue weighted by atomic mass is 10.0. The molecule has 0 radical (unpaired) electrons. The van der Waals surface area contributed by atoms with Gasteiger partial charge in [-0.15, -0.1) is 0 Å². The summed E-state index contributed by atoms with van der Waals surface area (Å²) >= 11 is 0. The molecule has 23 heavy (non-hydrogen) atoms. The van der Waals surface area contributed by atoms with E-state index in [9.17, 15) is 0 Å². The molecule has 5 rings (SSSR count). The highest BCUT2D eigenvalue weighted by Crippen LogP contribution is 2.36. The average molecular weight is 295 g/mol. The van der Waals surface area contributed by atoms with Crippen molar-refractivity contribution in [2.75, 3.05) is 0 Å². The van der Waals surface area contributed by atoms with E-state index >= 15 is 0 Å². The van der Waals surface area contributed by atoms with E-state index in [1.807, 2.05) is 42.5 Å². The minimum atomic E-state index is 0.669. The zero-order valence-electron chi connectivity index (χ0n) is 12.4. The summed E-state index contributed by atoms with van der Waals surface area (Å²) in [6.45, 7) is 0. The molecule has 0 unspecified atom stereocenters. The number of benzene rings is 4. The van der Waals surface area contributed by atoms with Gasteiger partial charge in [0.05, 0.1) is 0 Å². The van der Waals surface area contributed by atoms with Crippen molar-refractivity contribution >= 4 is 32.6 Å². The lowest BCUT2D eigenvalue weighted by Crippen LogP contribution is -1.80. The van der Waals surface area contributed by atoms with E-state index in [-0.39, 0.29) is 0 Å². The predicted octanol–water partition coefficient (Wildman–Crippen LogP) is 5.80. The highest BCUT2D eigenvalue weighted by atomic mass is 16.3. The third-order valence-electron chi connectivity index (χ3n) is 4.29. The standard InChI is InChI=1S/C21H13NO/c1-2-8-14(9-3-1)21-22-19-17-12-6-4-10-15(17)16-11-5-7-13-18(16)20(19)23-21/h1-13H. The van der Waals surface area contributed by atoms with Crippen LogP contribution in [0.15, 0.2) is 83.3 Å². The quantitative estimate of drug-likeness (QED) is 0.365. The third-order valence-corrected chi connectivity index (χ3v) is 4.29. The molecule has 0 fully saturated rings. The van der Waals surface area contributed by atoms with Crippen LogP contribution in [0.5, 0.6) is 0 Å². The molecule has 0 aliphatic carbocycles. The van der Waals surface area contributed by atoms with E-state index in [0.29, 0.717) is 5.89 Å². The molecule has 0 amide bonds. The fraction of sp³-hybridized carbons (Fsp3) is 0. The third kappa shape index (κ3) is 1.78. The summed E-state index contributed by atoms with van der Waals surface area (Å²) in [5, 5.41) is 4.65. The molecule has 0 aliphatic rings. The summed E-state index contributed by atoms with van der Waals surface area (Å²) in [7, 11) is 0. The first-order valence-electron chi connectivity index (χ1n) is 7.67. The van der Waals surface area contributed by atoms with Gasteiger partial charge in [0.15, 0.2) is 5.58 Å². The molecule has 0 saturated heterocycles.